The number of benzene rings is 1. The minimum Gasteiger partial charge on any atom is -0.491 e. The monoisotopic (exact) mass is 842 g/mol. The zero-order valence-corrected chi connectivity index (χ0v) is 34.9. The van der Waals surface area contributed by atoms with Crippen molar-refractivity contribution in [2.45, 2.75) is 47.2 Å². The molecule has 61 heavy (non-hydrogen) atoms. The molecular formula is C40H54N14O7. The lowest BCUT2D eigenvalue weighted by atomic mass is 10.1. The first kappa shape index (κ1) is 45.4. The van der Waals surface area contributed by atoms with E-state index in [1.54, 1.807) is 42.9 Å². The molecule has 1 aliphatic rings. The number of allylic oxidation sites excluding steroid dienone is 2. The van der Waals surface area contributed by atoms with Crippen LogP contribution in [0.5, 0.6) is 5.75 Å². The molecule has 1 saturated heterocycles. The molecule has 0 unspecified atom stereocenters. The Labute approximate surface area is 352 Å². The molecule has 0 radical (unpaired) electrons. The number of aliphatic imine (C=N–C) groups is 2. The summed E-state index contributed by atoms with van der Waals surface area (Å²) in [4.78, 5) is 75.7. The van der Waals surface area contributed by atoms with Crippen LogP contribution in [0, 0.1) is 0 Å². The van der Waals surface area contributed by atoms with Gasteiger partial charge in [0.05, 0.1) is 50.7 Å². The van der Waals surface area contributed by atoms with Crippen molar-refractivity contribution < 1.29 is 33.4 Å². The van der Waals surface area contributed by atoms with Crippen LogP contribution in [0.3, 0.4) is 0 Å². The predicted molar refractivity (Wildman–Crippen MR) is 232 cm³/mol. The third-order valence-corrected chi connectivity index (χ3v) is 9.16. The molecule has 21 nitrogen and oxygen atoms in total. The summed E-state index contributed by atoms with van der Waals surface area (Å²) in [5, 5.41) is 5.63. The Balaban J connectivity index is 1.42. The summed E-state index contributed by atoms with van der Waals surface area (Å²) in [6, 6.07) is 4.58. The van der Waals surface area contributed by atoms with E-state index in [1.165, 1.54) is 30.5 Å². The first-order valence-electron chi connectivity index (χ1n) is 19.9. The minimum absolute atomic E-state index is 0.0988. The van der Waals surface area contributed by atoms with Gasteiger partial charge in [-0.1, -0.05) is 0 Å². The number of rotatable bonds is 21. The van der Waals surface area contributed by atoms with Crippen molar-refractivity contribution in [3.63, 3.8) is 0 Å². The number of amides is 4. The molecule has 1 aromatic carbocycles. The van der Waals surface area contributed by atoms with E-state index in [4.69, 9.17) is 42.1 Å². The first-order chi connectivity index (χ1) is 29.3. The van der Waals surface area contributed by atoms with E-state index in [0.717, 1.165) is 19.6 Å². The second-order valence-corrected chi connectivity index (χ2v) is 14.0. The van der Waals surface area contributed by atoms with E-state index in [-0.39, 0.29) is 60.8 Å². The van der Waals surface area contributed by atoms with Crippen LogP contribution in [-0.2, 0) is 32.2 Å². The molecule has 10 N–H and O–H groups in total. The zero-order valence-electron chi connectivity index (χ0n) is 34.9. The number of hydrogen-bond donors (Lipinski definition) is 6. The van der Waals surface area contributed by atoms with Crippen molar-refractivity contribution in [3.8, 4) is 5.75 Å². The maximum atomic E-state index is 13.6. The Kier molecular flexibility index (Phi) is 16.0. The number of morpholine rings is 1. The van der Waals surface area contributed by atoms with Crippen LogP contribution in [0.2, 0.25) is 0 Å². The van der Waals surface area contributed by atoms with Gasteiger partial charge in [0, 0.05) is 62.4 Å². The van der Waals surface area contributed by atoms with E-state index in [2.05, 4.69) is 35.5 Å². The van der Waals surface area contributed by atoms with Crippen molar-refractivity contribution in [3.05, 3.63) is 59.1 Å². The summed E-state index contributed by atoms with van der Waals surface area (Å²) in [6.45, 7) is 12.2. The highest BCUT2D eigenvalue weighted by atomic mass is 16.5. The molecule has 0 atom stereocenters. The van der Waals surface area contributed by atoms with Gasteiger partial charge in [0.1, 0.15) is 28.2 Å². The number of aromatic nitrogens is 5. The van der Waals surface area contributed by atoms with E-state index in [9.17, 15) is 19.2 Å². The number of nitrogens with one attached hydrogen (secondary N) is 2. The van der Waals surface area contributed by atoms with Crippen LogP contribution in [-0.4, -0.2) is 130 Å². The van der Waals surface area contributed by atoms with E-state index in [1.807, 2.05) is 0 Å². The van der Waals surface area contributed by atoms with Crippen molar-refractivity contribution >= 4 is 69.1 Å². The van der Waals surface area contributed by atoms with Crippen LogP contribution in [0.1, 0.15) is 54.8 Å². The highest BCUT2D eigenvalue weighted by molar-refractivity contribution is 6.47. The van der Waals surface area contributed by atoms with Crippen LogP contribution in [0.4, 0.5) is 11.9 Å². The molecular weight excluding hydrogens is 789 g/mol. The molecule has 5 rings (SSSR count). The fraction of sp³-hybridized carbons (Fsp3) is 0.425. The summed E-state index contributed by atoms with van der Waals surface area (Å²) < 4.78 is 21.3. The highest BCUT2D eigenvalue weighted by Gasteiger charge is 2.23. The molecule has 4 heterocycles. The maximum Gasteiger partial charge on any atom is 0.276 e. The highest BCUT2D eigenvalue weighted by Crippen LogP contribution is 2.31. The molecule has 0 spiro atoms. The molecule has 326 valence electrons. The molecule has 1 fully saturated rings. The number of anilines is 2. The van der Waals surface area contributed by atoms with Gasteiger partial charge >= 0.3 is 0 Å². The molecule has 3 aromatic heterocycles. The third kappa shape index (κ3) is 12.2. The number of pyridine rings is 1. The second-order valence-electron chi connectivity index (χ2n) is 14.0. The van der Waals surface area contributed by atoms with Gasteiger partial charge in [-0.05, 0) is 64.5 Å². The minimum atomic E-state index is -0.686. The van der Waals surface area contributed by atoms with E-state index < -0.39 is 23.6 Å². The topological polar surface area (TPSA) is 301 Å². The Morgan fingerprint density at radius 2 is 1.33 bits per heavy atom. The van der Waals surface area contributed by atoms with Gasteiger partial charge in [0.2, 0.25) is 23.7 Å². The van der Waals surface area contributed by atoms with Gasteiger partial charge in [-0.15, -0.1) is 0 Å². The molecule has 0 bridgehead atoms. The smallest absolute Gasteiger partial charge is 0.276 e. The Hall–Kier alpha value is -6.71. The Morgan fingerprint density at radius 3 is 1.90 bits per heavy atom. The number of fused-ring (bicyclic) bond motifs is 2. The van der Waals surface area contributed by atoms with Crippen LogP contribution in [0.15, 0.2) is 57.9 Å². The number of hydrogen-bond acceptors (Lipinski definition) is 15. The van der Waals surface area contributed by atoms with Gasteiger partial charge in [0.25, 0.3) is 11.8 Å². The number of carbonyl (C=O) groups is 4. The largest absolute Gasteiger partial charge is 0.491 e. The van der Waals surface area contributed by atoms with Crippen LogP contribution in [0.25, 0.3) is 22.2 Å². The van der Waals surface area contributed by atoms with Crippen molar-refractivity contribution in [2.24, 2.45) is 32.9 Å². The number of carbonyl (C=O) groups excluding carboxylic acids is 4. The van der Waals surface area contributed by atoms with Gasteiger partial charge < -0.3 is 41.7 Å². The van der Waals surface area contributed by atoms with Crippen LogP contribution >= 0.6 is 0 Å². The fourth-order valence-electron chi connectivity index (χ4n) is 6.43. The van der Waals surface area contributed by atoms with Gasteiger partial charge in [0.15, 0.2) is 5.65 Å². The van der Waals surface area contributed by atoms with E-state index in [0.29, 0.717) is 78.7 Å². The zero-order chi connectivity index (χ0) is 44.1. The summed E-state index contributed by atoms with van der Waals surface area (Å²) in [5.74, 6) is -1.85. The van der Waals surface area contributed by atoms with Crippen molar-refractivity contribution in [2.75, 3.05) is 76.4 Å². The molecule has 0 saturated carbocycles. The van der Waals surface area contributed by atoms with Crippen molar-refractivity contribution in [1.29, 1.82) is 0 Å². The summed E-state index contributed by atoms with van der Waals surface area (Å²) in [5.41, 5.74) is 25.8. The van der Waals surface area contributed by atoms with Crippen LogP contribution < -0.4 is 38.3 Å². The van der Waals surface area contributed by atoms with Gasteiger partial charge in [-0.3, -0.25) is 49.3 Å². The normalized spacial score (nSPS) is 14.4. The predicted octanol–water partition coefficient (Wildman–Crippen LogP) is 1.32. The van der Waals surface area contributed by atoms with Gasteiger partial charge in [-0.2, -0.15) is 0 Å². The molecule has 4 amide bonds. The summed E-state index contributed by atoms with van der Waals surface area (Å²) in [7, 11) is 0. The lowest BCUT2D eigenvalue weighted by molar-refractivity contribution is -0.111. The number of primary amides is 2. The fourth-order valence-corrected chi connectivity index (χ4v) is 6.43. The van der Waals surface area contributed by atoms with Gasteiger partial charge in [-0.25, -0.2) is 15.0 Å². The first-order valence-corrected chi connectivity index (χ1v) is 19.9. The molecule has 0 aliphatic carbocycles. The Morgan fingerprint density at radius 1 is 0.770 bits per heavy atom. The lowest BCUT2D eigenvalue weighted by Gasteiger charge is -2.26. The molecule has 1 aliphatic heterocycles. The third-order valence-electron chi connectivity index (χ3n) is 9.16. The average Bonchev–Trinajstić information content (AvgIpc) is 3.74. The number of imidazole rings is 2. The summed E-state index contributed by atoms with van der Waals surface area (Å²) >= 11 is 0. The second kappa shape index (κ2) is 21.5. The number of ether oxygens (including phenoxy) is 3. The van der Waals surface area contributed by atoms with E-state index >= 15 is 0 Å². The molecule has 21 heteroatoms. The standard InChI is InChI=1S/C40H54N14O7/c1-5-45-30(18-24(3)41)37(57)50-39-48-28-20-26(34(43)55)22-32(61-13-7-8-52-9-14-59-15-10-52)33(28)53(39)11-16-60-17-12-54-36-29(21-27(23-47-36)35(44)56)49-40(54)51-38(58)31(46-6-2)19-25(4)42/h18-23H,5-17,41-42H2,1-4H3,(H2,43,55)(H2,44,56)(H,48,50,57)(H,49,51,58)/b24-18-,25-19-,45-30?,46-31?. The molecule has 4 aromatic rings. The quantitative estimate of drug-likeness (QED) is 0.0510. The number of nitrogens with two attached hydrogens (primary N) is 4. The average molecular weight is 843 g/mol. The maximum absolute atomic E-state index is 13.6. The number of nitrogens with zero attached hydrogens (tertiary/aromatic N) is 8. The van der Waals surface area contributed by atoms with Crippen molar-refractivity contribution in [1.82, 2.24) is 29.0 Å². The SMILES string of the molecule is CCN=C(/C=C(/C)N)C(=O)Nc1nc2cc(C(N)=O)cnc2n1CCOCCn1c(NC(=O)C(/C=C(/C)N)=NCC)nc2cc(C(N)=O)cc(OCCCN3CCOCC3)c21. The Bertz CT molecular complexity index is 2370. The lowest BCUT2D eigenvalue weighted by Crippen LogP contribution is -2.37. The summed E-state index contributed by atoms with van der Waals surface area (Å²) in [6.07, 6.45) is 4.95.